The Kier molecular flexibility index (Phi) is 4.38. The number of pyridine rings is 1. The summed E-state index contributed by atoms with van der Waals surface area (Å²) in [6.07, 6.45) is 0.499. The van der Waals surface area contributed by atoms with Crippen LogP contribution in [0.3, 0.4) is 0 Å². The number of aromatic nitrogens is 3. The Hall–Kier alpha value is -2.62. The Morgan fingerprint density at radius 2 is 2.21 bits per heavy atom. The number of nitrogens with zero attached hydrogens (tertiary/aromatic N) is 3. The minimum absolute atomic E-state index is 0.0841. The van der Waals surface area contributed by atoms with Crippen LogP contribution >= 0.6 is 11.3 Å². The third-order valence-electron chi connectivity index (χ3n) is 2.89. The fraction of sp³-hybridized carbons (Fsp3) is 0.214. The van der Waals surface area contributed by atoms with E-state index in [9.17, 15) is 18.0 Å². The van der Waals surface area contributed by atoms with Crippen molar-refractivity contribution in [2.75, 3.05) is 11.9 Å². The fourth-order valence-electron chi connectivity index (χ4n) is 1.93. The number of hydrogen-bond donors (Lipinski definition) is 1. The van der Waals surface area contributed by atoms with E-state index in [1.54, 1.807) is 6.20 Å². The van der Waals surface area contributed by atoms with Crippen molar-refractivity contribution in [3.8, 4) is 5.88 Å². The molecule has 10 heteroatoms. The van der Waals surface area contributed by atoms with Crippen molar-refractivity contribution in [1.29, 1.82) is 0 Å². The van der Waals surface area contributed by atoms with Gasteiger partial charge in [-0.3, -0.25) is 9.20 Å². The summed E-state index contributed by atoms with van der Waals surface area (Å²) in [6.45, 7) is -1.41. The Morgan fingerprint density at radius 3 is 2.88 bits per heavy atom. The minimum Gasteiger partial charge on any atom is -0.468 e. The van der Waals surface area contributed by atoms with E-state index in [-0.39, 0.29) is 18.2 Å². The van der Waals surface area contributed by atoms with Gasteiger partial charge in [0.25, 0.3) is 0 Å². The molecular weight excluding hydrogens is 345 g/mol. The summed E-state index contributed by atoms with van der Waals surface area (Å²) in [5.41, 5.74) is 0.984. The average molecular weight is 356 g/mol. The standard InChI is InChI=1S/C14H11F3N4O2S/c15-14(16,17)8-23-12-2-1-9(6-18-12)19-11(22)5-10-7-21-3-4-24-13(21)20-10/h1-4,6-7H,5,8H2,(H,19,22). The van der Waals surface area contributed by atoms with Crippen molar-refractivity contribution < 1.29 is 22.7 Å². The van der Waals surface area contributed by atoms with Gasteiger partial charge in [0, 0.05) is 23.8 Å². The minimum atomic E-state index is -4.42. The molecule has 0 saturated heterocycles. The molecule has 3 aromatic heterocycles. The van der Waals surface area contributed by atoms with Crippen molar-refractivity contribution in [2.24, 2.45) is 0 Å². The molecule has 0 aliphatic rings. The van der Waals surface area contributed by atoms with Crippen LogP contribution in [0, 0.1) is 0 Å². The summed E-state index contributed by atoms with van der Waals surface area (Å²) >= 11 is 1.46. The van der Waals surface area contributed by atoms with Crippen molar-refractivity contribution in [1.82, 2.24) is 14.4 Å². The van der Waals surface area contributed by atoms with Gasteiger partial charge in [-0.15, -0.1) is 11.3 Å². The maximum atomic E-state index is 12.0. The summed E-state index contributed by atoms with van der Waals surface area (Å²) in [4.78, 5) is 20.8. The number of fused-ring (bicyclic) bond motifs is 1. The number of amides is 1. The highest BCUT2D eigenvalue weighted by atomic mass is 32.1. The number of hydrogen-bond acceptors (Lipinski definition) is 5. The van der Waals surface area contributed by atoms with Crippen LogP contribution in [0.25, 0.3) is 4.96 Å². The zero-order chi connectivity index (χ0) is 17.2. The Balaban J connectivity index is 1.55. The number of halogens is 3. The first-order valence-electron chi connectivity index (χ1n) is 6.75. The van der Waals surface area contributed by atoms with Crippen LogP contribution in [0.2, 0.25) is 0 Å². The maximum absolute atomic E-state index is 12.0. The number of carbonyl (C=O) groups excluding carboxylic acids is 1. The average Bonchev–Trinajstić information content (AvgIpc) is 3.06. The van der Waals surface area contributed by atoms with Gasteiger partial charge in [0.05, 0.1) is 24.0 Å². The quantitative estimate of drug-likeness (QED) is 0.763. The summed E-state index contributed by atoms with van der Waals surface area (Å²) in [5, 5.41) is 4.49. The van der Waals surface area contributed by atoms with E-state index >= 15 is 0 Å². The highest BCUT2D eigenvalue weighted by Crippen LogP contribution is 2.18. The van der Waals surface area contributed by atoms with E-state index in [2.05, 4.69) is 20.0 Å². The molecule has 0 atom stereocenters. The second-order valence-electron chi connectivity index (χ2n) is 4.84. The lowest BCUT2D eigenvalue weighted by Gasteiger charge is -2.09. The number of anilines is 1. The van der Waals surface area contributed by atoms with Crippen molar-refractivity contribution >= 4 is 27.9 Å². The molecule has 0 fully saturated rings. The zero-order valence-corrected chi connectivity index (χ0v) is 12.9. The summed E-state index contributed by atoms with van der Waals surface area (Å²) < 4.78 is 42.4. The first-order valence-corrected chi connectivity index (χ1v) is 7.63. The first-order chi connectivity index (χ1) is 11.4. The number of nitrogens with one attached hydrogen (secondary N) is 1. The fourth-order valence-corrected chi connectivity index (χ4v) is 2.65. The number of carbonyl (C=O) groups is 1. The zero-order valence-electron chi connectivity index (χ0n) is 12.1. The molecule has 0 bridgehead atoms. The molecule has 1 N–H and O–H groups in total. The molecule has 3 heterocycles. The smallest absolute Gasteiger partial charge is 0.422 e. The predicted molar refractivity (Wildman–Crippen MR) is 81.2 cm³/mol. The van der Waals surface area contributed by atoms with Crippen LogP contribution in [0.1, 0.15) is 5.69 Å². The van der Waals surface area contributed by atoms with E-state index in [4.69, 9.17) is 0 Å². The van der Waals surface area contributed by atoms with E-state index in [0.717, 1.165) is 4.96 Å². The molecule has 126 valence electrons. The Morgan fingerprint density at radius 1 is 1.38 bits per heavy atom. The second-order valence-corrected chi connectivity index (χ2v) is 5.71. The monoisotopic (exact) mass is 356 g/mol. The van der Waals surface area contributed by atoms with E-state index in [1.165, 1.54) is 29.7 Å². The van der Waals surface area contributed by atoms with Crippen molar-refractivity contribution in [3.05, 3.63) is 41.8 Å². The van der Waals surface area contributed by atoms with E-state index in [0.29, 0.717) is 11.4 Å². The number of rotatable bonds is 5. The second kappa shape index (κ2) is 6.48. The molecule has 3 rings (SSSR count). The maximum Gasteiger partial charge on any atom is 0.422 e. The summed E-state index contributed by atoms with van der Waals surface area (Å²) in [6, 6.07) is 2.68. The molecule has 6 nitrogen and oxygen atoms in total. The van der Waals surface area contributed by atoms with Crippen LogP contribution in [-0.2, 0) is 11.2 Å². The molecule has 0 aromatic carbocycles. The van der Waals surface area contributed by atoms with Gasteiger partial charge in [0.2, 0.25) is 11.8 Å². The lowest BCUT2D eigenvalue weighted by molar-refractivity contribution is -0.154. The SMILES string of the molecule is O=C(Cc1cn2ccsc2n1)Nc1ccc(OCC(F)(F)F)nc1. The number of ether oxygens (including phenoxy) is 1. The van der Waals surface area contributed by atoms with Gasteiger partial charge in [-0.05, 0) is 6.07 Å². The van der Waals surface area contributed by atoms with Gasteiger partial charge in [0.15, 0.2) is 11.6 Å². The van der Waals surface area contributed by atoms with Crippen LogP contribution in [-0.4, -0.2) is 33.1 Å². The van der Waals surface area contributed by atoms with Crippen LogP contribution in [0.5, 0.6) is 5.88 Å². The molecule has 0 aliphatic heterocycles. The van der Waals surface area contributed by atoms with Gasteiger partial charge < -0.3 is 10.1 Å². The molecule has 0 unspecified atom stereocenters. The van der Waals surface area contributed by atoms with Crippen LogP contribution in [0.15, 0.2) is 36.1 Å². The number of alkyl halides is 3. The van der Waals surface area contributed by atoms with Gasteiger partial charge in [-0.1, -0.05) is 0 Å². The number of imidazole rings is 1. The lowest BCUT2D eigenvalue weighted by atomic mass is 10.3. The molecule has 0 aliphatic carbocycles. The van der Waals surface area contributed by atoms with E-state index < -0.39 is 12.8 Å². The van der Waals surface area contributed by atoms with Crippen LogP contribution in [0.4, 0.5) is 18.9 Å². The molecule has 3 aromatic rings. The molecule has 24 heavy (non-hydrogen) atoms. The normalized spacial score (nSPS) is 11.6. The summed E-state index contributed by atoms with van der Waals surface area (Å²) in [5.74, 6) is -0.467. The van der Waals surface area contributed by atoms with Gasteiger partial charge in [0.1, 0.15) is 0 Å². The Labute approximate surface area is 137 Å². The predicted octanol–water partition coefficient (Wildman–Crippen LogP) is 2.91. The van der Waals surface area contributed by atoms with Crippen LogP contribution < -0.4 is 10.1 Å². The van der Waals surface area contributed by atoms with Gasteiger partial charge >= 0.3 is 6.18 Å². The summed E-state index contributed by atoms with van der Waals surface area (Å²) in [7, 11) is 0. The van der Waals surface area contributed by atoms with Gasteiger partial charge in [-0.25, -0.2) is 9.97 Å². The van der Waals surface area contributed by atoms with Crippen molar-refractivity contribution in [3.63, 3.8) is 0 Å². The molecule has 1 amide bonds. The van der Waals surface area contributed by atoms with Crippen molar-refractivity contribution in [2.45, 2.75) is 12.6 Å². The molecule has 0 spiro atoms. The van der Waals surface area contributed by atoms with E-state index in [1.807, 2.05) is 16.0 Å². The highest BCUT2D eigenvalue weighted by molar-refractivity contribution is 7.15. The third-order valence-corrected chi connectivity index (χ3v) is 3.66. The lowest BCUT2D eigenvalue weighted by Crippen LogP contribution is -2.19. The Bertz CT molecular complexity index is 813. The third kappa shape index (κ3) is 4.22. The molecular formula is C14H11F3N4O2S. The highest BCUT2D eigenvalue weighted by Gasteiger charge is 2.28. The first kappa shape index (κ1) is 16.2. The van der Waals surface area contributed by atoms with Gasteiger partial charge in [-0.2, -0.15) is 13.2 Å². The molecule has 0 radical (unpaired) electrons. The topological polar surface area (TPSA) is 68.5 Å². The molecule has 0 saturated carbocycles. The number of thiazole rings is 1. The largest absolute Gasteiger partial charge is 0.468 e.